The fourth-order valence-corrected chi connectivity index (χ4v) is 2.93. The molecular formula is C14H20BrNO2. The van der Waals surface area contributed by atoms with Crippen LogP contribution in [0.15, 0.2) is 22.7 Å². The highest BCUT2D eigenvalue weighted by atomic mass is 79.9. The number of ether oxygens (including phenoxy) is 2. The van der Waals surface area contributed by atoms with Crippen molar-refractivity contribution in [1.82, 2.24) is 5.32 Å². The topological polar surface area (TPSA) is 30.5 Å². The van der Waals surface area contributed by atoms with Crippen molar-refractivity contribution >= 4 is 15.9 Å². The van der Waals surface area contributed by atoms with E-state index in [4.69, 9.17) is 9.47 Å². The maximum Gasteiger partial charge on any atom is 0.133 e. The molecule has 1 aromatic rings. The third kappa shape index (κ3) is 3.05. The summed E-state index contributed by atoms with van der Waals surface area (Å²) >= 11 is 3.56. The zero-order valence-corrected chi connectivity index (χ0v) is 12.5. The summed E-state index contributed by atoms with van der Waals surface area (Å²) in [5.41, 5.74) is 1.24. The number of benzene rings is 1. The molecule has 0 spiro atoms. The Morgan fingerprint density at radius 2 is 2.39 bits per heavy atom. The molecule has 2 rings (SSSR count). The Bertz CT molecular complexity index is 391. The lowest BCUT2D eigenvalue weighted by molar-refractivity contribution is 0.0807. The molecule has 1 aromatic carbocycles. The molecule has 1 N–H and O–H groups in total. The maximum absolute atomic E-state index is 5.77. The van der Waals surface area contributed by atoms with Gasteiger partial charge in [-0.15, -0.1) is 0 Å². The summed E-state index contributed by atoms with van der Waals surface area (Å²) in [4.78, 5) is 0. The molecule has 0 radical (unpaired) electrons. The van der Waals surface area contributed by atoms with Crippen molar-refractivity contribution in [3.05, 3.63) is 28.2 Å². The van der Waals surface area contributed by atoms with Crippen molar-refractivity contribution in [1.29, 1.82) is 0 Å². The lowest BCUT2D eigenvalue weighted by Gasteiger charge is -2.23. The first-order valence-electron chi connectivity index (χ1n) is 6.47. The highest BCUT2D eigenvalue weighted by Gasteiger charge is 2.26. The van der Waals surface area contributed by atoms with Crippen molar-refractivity contribution < 1.29 is 9.47 Å². The lowest BCUT2D eigenvalue weighted by Crippen LogP contribution is -2.28. The number of hydrogen-bond donors (Lipinski definition) is 1. The molecule has 2 unspecified atom stereocenters. The van der Waals surface area contributed by atoms with E-state index >= 15 is 0 Å². The van der Waals surface area contributed by atoms with Crippen molar-refractivity contribution in [3.8, 4) is 5.75 Å². The fourth-order valence-electron chi connectivity index (χ4n) is 2.42. The minimum absolute atomic E-state index is 0.250. The van der Waals surface area contributed by atoms with E-state index in [1.165, 1.54) is 5.56 Å². The molecule has 3 nitrogen and oxygen atoms in total. The van der Waals surface area contributed by atoms with Gasteiger partial charge in [-0.05, 0) is 60.4 Å². The second kappa shape index (κ2) is 6.55. The first-order valence-corrected chi connectivity index (χ1v) is 7.26. The van der Waals surface area contributed by atoms with Gasteiger partial charge in [-0.25, -0.2) is 0 Å². The molecule has 0 amide bonds. The summed E-state index contributed by atoms with van der Waals surface area (Å²) in [6, 6.07) is 6.49. The zero-order chi connectivity index (χ0) is 13.0. The van der Waals surface area contributed by atoms with Crippen LogP contribution in [-0.4, -0.2) is 26.4 Å². The largest absolute Gasteiger partial charge is 0.493 e. The van der Waals surface area contributed by atoms with E-state index in [2.05, 4.69) is 33.4 Å². The quantitative estimate of drug-likeness (QED) is 0.905. The van der Waals surface area contributed by atoms with Gasteiger partial charge in [0.1, 0.15) is 5.75 Å². The first kappa shape index (κ1) is 13.8. The predicted octanol–water partition coefficient (Wildman–Crippen LogP) is 3.29. The minimum atomic E-state index is 0.250. The van der Waals surface area contributed by atoms with Gasteiger partial charge in [-0.2, -0.15) is 0 Å². The van der Waals surface area contributed by atoms with Crippen LogP contribution >= 0.6 is 15.9 Å². The molecule has 0 aromatic heterocycles. The van der Waals surface area contributed by atoms with Gasteiger partial charge in [0, 0.05) is 6.61 Å². The molecule has 1 aliphatic rings. The van der Waals surface area contributed by atoms with E-state index in [0.717, 1.165) is 29.7 Å². The Labute approximate surface area is 117 Å². The molecule has 2 atom stereocenters. The summed E-state index contributed by atoms with van der Waals surface area (Å²) in [7, 11) is 1.98. The third-order valence-electron chi connectivity index (χ3n) is 3.26. The molecular weight excluding hydrogens is 294 g/mol. The number of likely N-dealkylation sites (N-methyl/N-ethyl adjacent to an activating group) is 1. The van der Waals surface area contributed by atoms with E-state index < -0.39 is 0 Å². The average molecular weight is 314 g/mol. The van der Waals surface area contributed by atoms with E-state index in [1.807, 2.05) is 20.0 Å². The summed E-state index contributed by atoms with van der Waals surface area (Å²) < 4.78 is 12.3. The molecule has 0 saturated carbocycles. The van der Waals surface area contributed by atoms with Gasteiger partial charge in [0.2, 0.25) is 0 Å². The predicted molar refractivity (Wildman–Crippen MR) is 76.1 cm³/mol. The van der Waals surface area contributed by atoms with Crippen LogP contribution in [0.1, 0.15) is 31.4 Å². The van der Waals surface area contributed by atoms with E-state index in [9.17, 15) is 0 Å². The zero-order valence-electron chi connectivity index (χ0n) is 10.9. The van der Waals surface area contributed by atoms with Crippen molar-refractivity contribution in [2.75, 3.05) is 20.3 Å². The summed E-state index contributed by atoms with van der Waals surface area (Å²) in [5, 5.41) is 3.35. The number of rotatable bonds is 5. The molecule has 1 heterocycles. The van der Waals surface area contributed by atoms with Crippen molar-refractivity contribution in [2.45, 2.75) is 31.9 Å². The molecule has 100 valence electrons. The third-order valence-corrected chi connectivity index (χ3v) is 3.88. The van der Waals surface area contributed by atoms with E-state index in [-0.39, 0.29) is 12.1 Å². The molecule has 18 heavy (non-hydrogen) atoms. The molecule has 4 heteroatoms. The van der Waals surface area contributed by atoms with Crippen LogP contribution in [0.2, 0.25) is 0 Å². The van der Waals surface area contributed by atoms with Gasteiger partial charge >= 0.3 is 0 Å². The van der Waals surface area contributed by atoms with Crippen LogP contribution < -0.4 is 10.1 Å². The van der Waals surface area contributed by atoms with Gasteiger partial charge in [0.05, 0.1) is 23.2 Å². The number of hydrogen-bond acceptors (Lipinski definition) is 3. The SMILES string of the molecule is CCOc1ccc(C(NC)C2CCCO2)cc1Br. The summed E-state index contributed by atoms with van der Waals surface area (Å²) in [6.45, 7) is 3.54. The monoisotopic (exact) mass is 313 g/mol. The summed E-state index contributed by atoms with van der Waals surface area (Å²) in [5.74, 6) is 0.892. The van der Waals surface area contributed by atoms with Gasteiger partial charge in [0.25, 0.3) is 0 Å². The van der Waals surface area contributed by atoms with Crippen molar-refractivity contribution in [2.24, 2.45) is 0 Å². The van der Waals surface area contributed by atoms with Crippen LogP contribution in [0, 0.1) is 0 Å². The maximum atomic E-state index is 5.77. The Morgan fingerprint density at radius 1 is 1.56 bits per heavy atom. The highest BCUT2D eigenvalue weighted by Crippen LogP contribution is 2.32. The molecule has 1 saturated heterocycles. The van der Waals surface area contributed by atoms with Crippen LogP contribution in [0.5, 0.6) is 5.75 Å². The van der Waals surface area contributed by atoms with Crippen molar-refractivity contribution in [3.63, 3.8) is 0 Å². The number of nitrogens with one attached hydrogen (secondary N) is 1. The summed E-state index contributed by atoms with van der Waals surface area (Å²) in [6.07, 6.45) is 2.55. The number of halogens is 1. The van der Waals surface area contributed by atoms with Crippen LogP contribution in [-0.2, 0) is 4.74 Å². The second-order valence-electron chi connectivity index (χ2n) is 4.44. The van der Waals surface area contributed by atoms with Gasteiger partial charge in [-0.1, -0.05) is 6.07 Å². The van der Waals surface area contributed by atoms with E-state index in [0.29, 0.717) is 6.61 Å². The smallest absolute Gasteiger partial charge is 0.133 e. The molecule has 1 fully saturated rings. The highest BCUT2D eigenvalue weighted by molar-refractivity contribution is 9.10. The Hall–Kier alpha value is -0.580. The van der Waals surface area contributed by atoms with Gasteiger partial charge in [-0.3, -0.25) is 0 Å². The van der Waals surface area contributed by atoms with Gasteiger partial charge in [0.15, 0.2) is 0 Å². The van der Waals surface area contributed by atoms with Gasteiger partial charge < -0.3 is 14.8 Å². The van der Waals surface area contributed by atoms with Crippen LogP contribution in [0.25, 0.3) is 0 Å². The lowest BCUT2D eigenvalue weighted by atomic mass is 9.99. The second-order valence-corrected chi connectivity index (χ2v) is 5.30. The van der Waals surface area contributed by atoms with Crippen LogP contribution in [0.4, 0.5) is 0 Å². The standard InChI is InChI=1S/C14H20BrNO2/c1-3-17-12-7-6-10(9-11(12)15)14(16-2)13-5-4-8-18-13/h6-7,9,13-14,16H,3-5,8H2,1-2H3. The van der Waals surface area contributed by atoms with E-state index in [1.54, 1.807) is 0 Å². The Balaban J connectivity index is 2.17. The molecule has 0 bridgehead atoms. The average Bonchev–Trinajstić information content (AvgIpc) is 2.87. The normalized spacial score (nSPS) is 20.9. The Kier molecular flexibility index (Phi) is 5.03. The Morgan fingerprint density at radius 3 is 2.94 bits per heavy atom. The molecule has 1 aliphatic heterocycles. The van der Waals surface area contributed by atoms with Crippen LogP contribution in [0.3, 0.4) is 0 Å². The minimum Gasteiger partial charge on any atom is -0.493 e. The molecule has 0 aliphatic carbocycles. The first-order chi connectivity index (χ1) is 8.76. The fraction of sp³-hybridized carbons (Fsp3) is 0.571.